The van der Waals surface area contributed by atoms with Crippen LogP contribution in [0.3, 0.4) is 0 Å². The van der Waals surface area contributed by atoms with Gasteiger partial charge in [0.15, 0.2) is 11.5 Å². The molecule has 1 aliphatic rings. The van der Waals surface area contributed by atoms with Crippen molar-refractivity contribution in [2.75, 3.05) is 13.1 Å². The largest absolute Gasteiger partial charge is 0.441 e. The molecule has 3 aromatic rings. The quantitative estimate of drug-likeness (QED) is 0.752. The van der Waals surface area contributed by atoms with Crippen LogP contribution in [0.5, 0.6) is 0 Å². The third-order valence-electron chi connectivity index (χ3n) is 4.62. The van der Waals surface area contributed by atoms with Gasteiger partial charge in [-0.15, -0.1) is 0 Å². The van der Waals surface area contributed by atoms with Crippen LogP contribution in [0.4, 0.5) is 0 Å². The second-order valence-electron chi connectivity index (χ2n) is 6.33. The highest BCUT2D eigenvalue weighted by Gasteiger charge is 2.19. The molecule has 1 aromatic heterocycles. The minimum atomic E-state index is 0.0205. The van der Waals surface area contributed by atoms with E-state index in [0.29, 0.717) is 25.3 Å². The first-order valence-electron chi connectivity index (χ1n) is 8.72. The summed E-state index contributed by atoms with van der Waals surface area (Å²) >= 11 is 0. The minimum Gasteiger partial charge on any atom is -0.441 e. The van der Waals surface area contributed by atoms with Gasteiger partial charge in [0.05, 0.1) is 0 Å². The maximum absolute atomic E-state index is 12.2. The first-order valence-corrected chi connectivity index (χ1v) is 8.72. The van der Waals surface area contributed by atoms with Gasteiger partial charge in [0.2, 0.25) is 5.91 Å². The number of fused-ring (bicyclic) bond motifs is 2. The topological polar surface area (TPSA) is 67.2 Å². The Morgan fingerprint density at radius 3 is 2.96 bits per heavy atom. The zero-order valence-corrected chi connectivity index (χ0v) is 14.0. The smallest absolute Gasteiger partial charge is 0.220 e. The lowest BCUT2D eigenvalue weighted by atomic mass is 9.94. The number of hydrogen-bond acceptors (Lipinski definition) is 4. The fourth-order valence-corrected chi connectivity index (χ4v) is 3.33. The van der Waals surface area contributed by atoms with Gasteiger partial charge in [0.25, 0.3) is 0 Å². The highest BCUT2D eigenvalue weighted by atomic mass is 16.3. The van der Waals surface area contributed by atoms with Crippen molar-refractivity contribution in [3.63, 3.8) is 0 Å². The van der Waals surface area contributed by atoms with Crippen molar-refractivity contribution in [3.05, 3.63) is 65.5 Å². The fourth-order valence-electron chi connectivity index (χ4n) is 3.33. The van der Waals surface area contributed by atoms with E-state index in [9.17, 15) is 4.79 Å². The van der Waals surface area contributed by atoms with Crippen LogP contribution in [0.15, 0.2) is 52.9 Å². The van der Waals surface area contributed by atoms with Crippen LogP contribution in [-0.4, -0.2) is 24.0 Å². The molecule has 4 rings (SSSR count). The second-order valence-corrected chi connectivity index (χ2v) is 6.33. The van der Waals surface area contributed by atoms with Gasteiger partial charge >= 0.3 is 0 Å². The summed E-state index contributed by atoms with van der Waals surface area (Å²) in [5, 5.41) is 6.50. The summed E-state index contributed by atoms with van der Waals surface area (Å²) in [7, 11) is 0. The molecule has 2 N–H and O–H groups in total. The molecule has 128 valence electrons. The molecule has 1 unspecified atom stereocenters. The van der Waals surface area contributed by atoms with Gasteiger partial charge in [-0.1, -0.05) is 36.4 Å². The first kappa shape index (κ1) is 15.8. The van der Waals surface area contributed by atoms with Crippen LogP contribution >= 0.6 is 0 Å². The normalized spacial score (nSPS) is 16.6. The number of hydrogen-bond donors (Lipinski definition) is 2. The molecule has 0 saturated carbocycles. The predicted octanol–water partition coefficient (Wildman–Crippen LogP) is 2.76. The lowest BCUT2D eigenvalue weighted by molar-refractivity contribution is -0.121. The molecule has 25 heavy (non-hydrogen) atoms. The van der Waals surface area contributed by atoms with E-state index >= 15 is 0 Å². The number of amides is 1. The number of aromatic nitrogens is 1. The number of oxazole rings is 1. The number of para-hydroxylation sites is 2. The summed E-state index contributed by atoms with van der Waals surface area (Å²) in [4.78, 5) is 16.6. The summed E-state index contributed by atoms with van der Waals surface area (Å²) < 4.78 is 5.66. The lowest BCUT2D eigenvalue weighted by Gasteiger charge is -2.27. The third-order valence-corrected chi connectivity index (χ3v) is 4.62. The van der Waals surface area contributed by atoms with E-state index < -0.39 is 0 Å². The average molecular weight is 335 g/mol. The van der Waals surface area contributed by atoms with Gasteiger partial charge in [0.1, 0.15) is 5.52 Å². The Bertz CT molecular complexity index is 854. The van der Waals surface area contributed by atoms with Crippen LogP contribution in [-0.2, 0) is 17.6 Å². The van der Waals surface area contributed by atoms with E-state index in [1.165, 1.54) is 11.1 Å². The highest BCUT2D eigenvalue weighted by molar-refractivity contribution is 5.76. The van der Waals surface area contributed by atoms with Crippen LogP contribution in [0, 0.1) is 0 Å². The molecule has 0 aliphatic carbocycles. The maximum atomic E-state index is 12.2. The Kier molecular flexibility index (Phi) is 4.48. The molecule has 5 heteroatoms. The number of carbonyl (C=O) groups excluding carboxylic acids is 1. The van der Waals surface area contributed by atoms with Gasteiger partial charge in [0, 0.05) is 25.4 Å². The van der Waals surface area contributed by atoms with Gasteiger partial charge in [-0.3, -0.25) is 4.79 Å². The Morgan fingerprint density at radius 1 is 1.20 bits per heavy atom. The zero-order chi connectivity index (χ0) is 17.1. The van der Waals surface area contributed by atoms with Gasteiger partial charge in [-0.25, -0.2) is 4.98 Å². The molecule has 2 aromatic carbocycles. The predicted molar refractivity (Wildman–Crippen MR) is 96.2 cm³/mol. The van der Waals surface area contributed by atoms with Crippen LogP contribution < -0.4 is 10.6 Å². The molecule has 0 saturated heterocycles. The van der Waals surface area contributed by atoms with E-state index in [1.54, 1.807) is 0 Å². The monoisotopic (exact) mass is 335 g/mol. The Balaban J connectivity index is 1.31. The Morgan fingerprint density at radius 2 is 2.04 bits per heavy atom. The number of aryl methyl sites for hydroxylation is 1. The third kappa shape index (κ3) is 3.56. The van der Waals surface area contributed by atoms with Crippen molar-refractivity contribution in [2.24, 2.45) is 0 Å². The van der Waals surface area contributed by atoms with E-state index in [4.69, 9.17) is 4.42 Å². The summed E-state index contributed by atoms with van der Waals surface area (Å²) in [6.07, 6.45) is 1.93. The number of benzene rings is 2. The molecule has 2 heterocycles. The standard InChI is InChI=1S/C20H21N3O2/c24-19(9-10-20-23-16-7-3-4-8-18(16)25-20)22-13-17-15-6-2-1-5-14(15)11-12-21-17/h1-8,17,21H,9-13H2,(H,22,24). The molecule has 1 aliphatic heterocycles. The van der Waals surface area contributed by atoms with Crippen LogP contribution in [0.25, 0.3) is 11.1 Å². The molecule has 0 radical (unpaired) electrons. The van der Waals surface area contributed by atoms with Crippen LogP contribution in [0.1, 0.15) is 29.5 Å². The van der Waals surface area contributed by atoms with Crippen molar-refractivity contribution in [1.82, 2.24) is 15.6 Å². The molecular weight excluding hydrogens is 314 g/mol. The molecule has 0 bridgehead atoms. The van der Waals surface area contributed by atoms with Crippen molar-refractivity contribution in [2.45, 2.75) is 25.3 Å². The van der Waals surface area contributed by atoms with Crippen molar-refractivity contribution >= 4 is 17.0 Å². The van der Waals surface area contributed by atoms with E-state index in [-0.39, 0.29) is 11.9 Å². The number of nitrogens with zero attached hydrogens (tertiary/aromatic N) is 1. The Labute approximate surface area is 146 Å². The van der Waals surface area contributed by atoms with E-state index in [0.717, 1.165) is 24.1 Å². The number of rotatable bonds is 5. The fraction of sp³-hybridized carbons (Fsp3) is 0.300. The highest BCUT2D eigenvalue weighted by Crippen LogP contribution is 2.22. The molecule has 1 amide bonds. The maximum Gasteiger partial charge on any atom is 0.220 e. The van der Waals surface area contributed by atoms with E-state index in [2.05, 4.69) is 33.8 Å². The molecular formula is C20H21N3O2. The number of nitrogens with one attached hydrogen (secondary N) is 2. The average Bonchev–Trinajstić information content (AvgIpc) is 3.07. The summed E-state index contributed by atoms with van der Waals surface area (Å²) in [6, 6.07) is 16.2. The lowest BCUT2D eigenvalue weighted by Crippen LogP contribution is -2.38. The molecule has 0 fully saturated rings. The Hall–Kier alpha value is -2.66. The van der Waals surface area contributed by atoms with Gasteiger partial charge < -0.3 is 15.1 Å². The van der Waals surface area contributed by atoms with Gasteiger partial charge in [-0.05, 0) is 36.2 Å². The number of carbonyl (C=O) groups is 1. The zero-order valence-electron chi connectivity index (χ0n) is 14.0. The van der Waals surface area contributed by atoms with E-state index in [1.807, 2.05) is 30.3 Å². The first-order chi connectivity index (χ1) is 12.3. The summed E-state index contributed by atoms with van der Waals surface area (Å²) in [5.41, 5.74) is 4.25. The van der Waals surface area contributed by atoms with Crippen molar-refractivity contribution in [1.29, 1.82) is 0 Å². The van der Waals surface area contributed by atoms with Crippen molar-refractivity contribution < 1.29 is 9.21 Å². The molecule has 5 nitrogen and oxygen atoms in total. The van der Waals surface area contributed by atoms with Crippen LogP contribution in [0.2, 0.25) is 0 Å². The molecule has 0 spiro atoms. The van der Waals surface area contributed by atoms with Crippen molar-refractivity contribution in [3.8, 4) is 0 Å². The second kappa shape index (κ2) is 7.07. The van der Waals surface area contributed by atoms with Gasteiger partial charge in [-0.2, -0.15) is 0 Å². The summed E-state index contributed by atoms with van der Waals surface area (Å²) in [5.74, 6) is 0.629. The summed E-state index contributed by atoms with van der Waals surface area (Å²) in [6.45, 7) is 1.55. The molecule has 1 atom stereocenters. The SMILES string of the molecule is O=C(CCc1nc2ccccc2o1)NCC1NCCc2ccccc21. The minimum absolute atomic E-state index is 0.0205.